The second kappa shape index (κ2) is 4.38. The van der Waals surface area contributed by atoms with E-state index in [9.17, 15) is 0 Å². The Bertz CT molecular complexity index is 489. The van der Waals surface area contributed by atoms with Crippen LogP contribution in [0, 0.1) is 0 Å². The summed E-state index contributed by atoms with van der Waals surface area (Å²) in [4.78, 5) is 0. The Labute approximate surface area is 102 Å². The van der Waals surface area contributed by atoms with E-state index in [1.165, 1.54) is 17.5 Å². The number of hydrogen-bond acceptors (Lipinski definition) is 2. The van der Waals surface area contributed by atoms with Gasteiger partial charge in [0, 0.05) is 0 Å². The molecule has 2 atom stereocenters. The summed E-state index contributed by atoms with van der Waals surface area (Å²) < 4.78 is 5.48. The first kappa shape index (κ1) is 10.6. The Morgan fingerprint density at radius 3 is 2.88 bits per heavy atom. The third-order valence-corrected chi connectivity index (χ3v) is 3.72. The van der Waals surface area contributed by atoms with E-state index in [4.69, 9.17) is 4.42 Å². The van der Waals surface area contributed by atoms with E-state index in [1.54, 1.807) is 6.26 Å². The van der Waals surface area contributed by atoms with Crippen molar-refractivity contribution in [2.24, 2.45) is 0 Å². The van der Waals surface area contributed by atoms with Crippen molar-refractivity contribution in [3.63, 3.8) is 0 Å². The first-order valence-electron chi connectivity index (χ1n) is 6.17. The van der Waals surface area contributed by atoms with Crippen LogP contribution in [0.4, 0.5) is 0 Å². The molecule has 1 N–H and O–H groups in total. The second-order valence-corrected chi connectivity index (χ2v) is 4.69. The lowest BCUT2D eigenvalue weighted by molar-refractivity contribution is 0.379. The van der Waals surface area contributed by atoms with Gasteiger partial charge in [0.1, 0.15) is 5.76 Å². The van der Waals surface area contributed by atoms with E-state index in [0.29, 0.717) is 12.0 Å². The Kier molecular flexibility index (Phi) is 2.73. The standard InChI is InChI=1S/C15H17NO/c1-16-14(15-7-4-8-17-15)10-12-9-11-5-2-3-6-13(11)12/h2-8,12,14,16H,9-10H2,1H3. The number of benzene rings is 1. The Balaban J connectivity index is 1.73. The molecule has 1 heterocycles. The fourth-order valence-corrected chi connectivity index (χ4v) is 2.72. The summed E-state index contributed by atoms with van der Waals surface area (Å²) in [5.41, 5.74) is 3.02. The first-order valence-corrected chi connectivity index (χ1v) is 6.17. The minimum atomic E-state index is 0.323. The molecule has 1 aromatic carbocycles. The molecule has 1 aromatic heterocycles. The van der Waals surface area contributed by atoms with E-state index < -0.39 is 0 Å². The summed E-state index contributed by atoms with van der Waals surface area (Å²) in [5, 5.41) is 3.34. The van der Waals surface area contributed by atoms with Crippen LogP contribution in [0.1, 0.15) is 35.3 Å². The van der Waals surface area contributed by atoms with E-state index in [0.717, 1.165) is 12.2 Å². The molecule has 2 unspecified atom stereocenters. The van der Waals surface area contributed by atoms with Gasteiger partial charge in [-0.3, -0.25) is 0 Å². The van der Waals surface area contributed by atoms with Gasteiger partial charge >= 0.3 is 0 Å². The van der Waals surface area contributed by atoms with Crippen LogP contribution in [-0.2, 0) is 6.42 Å². The highest BCUT2D eigenvalue weighted by Crippen LogP contribution is 2.40. The van der Waals surface area contributed by atoms with E-state index in [-0.39, 0.29) is 0 Å². The van der Waals surface area contributed by atoms with Gasteiger partial charge in [-0.2, -0.15) is 0 Å². The van der Waals surface area contributed by atoms with Gasteiger partial charge in [0.05, 0.1) is 12.3 Å². The lowest BCUT2D eigenvalue weighted by atomic mass is 9.74. The zero-order valence-corrected chi connectivity index (χ0v) is 10.0. The zero-order chi connectivity index (χ0) is 11.7. The molecule has 0 aliphatic heterocycles. The summed E-state index contributed by atoms with van der Waals surface area (Å²) in [6, 6.07) is 13.1. The lowest BCUT2D eigenvalue weighted by Gasteiger charge is -2.32. The van der Waals surface area contributed by atoms with Crippen LogP contribution in [0.2, 0.25) is 0 Å². The molecular formula is C15H17NO. The predicted molar refractivity (Wildman–Crippen MR) is 68.0 cm³/mol. The summed E-state index contributed by atoms with van der Waals surface area (Å²) >= 11 is 0. The van der Waals surface area contributed by atoms with Crippen molar-refractivity contribution in [3.8, 4) is 0 Å². The topological polar surface area (TPSA) is 25.2 Å². The molecule has 17 heavy (non-hydrogen) atoms. The van der Waals surface area contributed by atoms with Crippen LogP contribution in [0.5, 0.6) is 0 Å². The molecule has 2 heteroatoms. The van der Waals surface area contributed by atoms with Crippen molar-refractivity contribution in [1.82, 2.24) is 5.32 Å². The molecule has 0 amide bonds. The van der Waals surface area contributed by atoms with Gasteiger partial charge in [0.15, 0.2) is 0 Å². The van der Waals surface area contributed by atoms with Crippen LogP contribution in [-0.4, -0.2) is 7.05 Å². The molecule has 0 radical (unpaired) electrons. The lowest BCUT2D eigenvalue weighted by Crippen LogP contribution is -2.24. The SMILES string of the molecule is CNC(CC1Cc2ccccc21)c1ccco1. The smallest absolute Gasteiger partial charge is 0.120 e. The zero-order valence-electron chi connectivity index (χ0n) is 10.0. The molecular weight excluding hydrogens is 210 g/mol. The highest BCUT2D eigenvalue weighted by atomic mass is 16.3. The monoisotopic (exact) mass is 227 g/mol. The van der Waals surface area contributed by atoms with Crippen LogP contribution >= 0.6 is 0 Å². The maximum Gasteiger partial charge on any atom is 0.120 e. The summed E-state index contributed by atoms with van der Waals surface area (Å²) in [6.07, 6.45) is 4.06. The number of rotatable bonds is 4. The van der Waals surface area contributed by atoms with Crippen molar-refractivity contribution < 1.29 is 4.42 Å². The average Bonchev–Trinajstić information content (AvgIpc) is 2.84. The molecule has 1 aliphatic carbocycles. The molecule has 0 spiro atoms. The van der Waals surface area contributed by atoms with Crippen molar-refractivity contribution in [1.29, 1.82) is 0 Å². The minimum Gasteiger partial charge on any atom is -0.468 e. The maximum absolute atomic E-state index is 5.48. The summed E-state index contributed by atoms with van der Waals surface area (Å²) in [7, 11) is 2.00. The molecule has 0 fully saturated rings. The summed E-state index contributed by atoms with van der Waals surface area (Å²) in [6.45, 7) is 0. The second-order valence-electron chi connectivity index (χ2n) is 4.69. The van der Waals surface area contributed by atoms with Gasteiger partial charge in [0.2, 0.25) is 0 Å². The van der Waals surface area contributed by atoms with Crippen LogP contribution < -0.4 is 5.32 Å². The molecule has 3 rings (SSSR count). The highest BCUT2D eigenvalue weighted by molar-refractivity contribution is 5.40. The molecule has 0 bridgehead atoms. The molecule has 2 nitrogen and oxygen atoms in total. The molecule has 88 valence electrons. The van der Waals surface area contributed by atoms with Gasteiger partial charge in [-0.1, -0.05) is 24.3 Å². The van der Waals surface area contributed by atoms with Crippen molar-refractivity contribution in [2.45, 2.75) is 24.8 Å². The summed E-state index contributed by atoms with van der Waals surface area (Å²) in [5.74, 6) is 1.71. The Morgan fingerprint density at radius 2 is 2.18 bits per heavy atom. The third kappa shape index (κ3) is 1.89. The fourth-order valence-electron chi connectivity index (χ4n) is 2.72. The van der Waals surface area contributed by atoms with Crippen LogP contribution in [0.25, 0.3) is 0 Å². The van der Waals surface area contributed by atoms with E-state index >= 15 is 0 Å². The highest BCUT2D eigenvalue weighted by Gasteiger charge is 2.28. The number of nitrogens with one attached hydrogen (secondary N) is 1. The van der Waals surface area contributed by atoms with Gasteiger partial charge in [-0.05, 0) is 49.1 Å². The van der Waals surface area contributed by atoms with Gasteiger partial charge in [0.25, 0.3) is 0 Å². The molecule has 2 aromatic rings. The largest absolute Gasteiger partial charge is 0.468 e. The third-order valence-electron chi connectivity index (χ3n) is 3.72. The maximum atomic E-state index is 5.48. The predicted octanol–water partition coefficient (Wildman–Crippen LogP) is 3.27. The number of hydrogen-bond donors (Lipinski definition) is 1. The van der Waals surface area contributed by atoms with Crippen molar-refractivity contribution in [2.75, 3.05) is 7.05 Å². The quantitative estimate of drug-likeness (QED) is 0.867. The van der Waals surface area contributed by atoms with E-state index in [1.807, 2.05) is 19.2 Å². The average molecular weight is 227 g/mol. The van der Waals surface area contributed by atoms with Crippen LogP contribution in [0.15, 0.2) is 47.1 Å². The molecule has 0 saturated carbocycles. The first-order chi connectivity index (χ1) is 8.38. The van der Waals surface area contributed by atoms with E-state index in [2.05, 4.69) is 29.6 Å². The van der Waals surface area contributed by atoms with Crippen LogP contribution in [0.3, 0.4) is 0 Å². The van der Waals surface area contributed by atoms with Crippen molar-refractivity contribution >= 4 is 0 Å². The Hall–Kier alpha value is -1.54. The minimum absolute atomic E-state index is 0.323. The van der Waals surface area contributed by atoms with Gasteiger partial charge in [-0.25, -0.2) is 0 Å². The van der Waals surface area contributed by atoms with Crippen molar-refractivity contribution in [3.05, 3.63) is 59.5 Å². The van der Waals surface area contributed by atoms with Gasteiger partial charge < -0.3 is 9.73 Å². The molecule has 1 aliphatic rings. The molecule has 0 saturated heterocycles. The Morgan fingerprint density at radius 1 is 1.29 bits per heavy atom. The fraction of sp³-hybridized carbons (Fsp3) is 0.333. The normalized spacial score (nSPS) is 19.5. The number of fused-ring (bicyclic) bond motifs is 1. The van der Waals surface area contributed by atoms with Gasteiger partial charge in [-0.15, -0.1) is 0 Å². The number of furan rings is 1.